The number of amides is 3. The molecule has 3 heterocycles. The van der Waals surface area contributed by atoms with Crippen molar-refractivity contribution >= 4 is 29.2 Å². The molecule has 28 heavy (non-hydrogen) atoms. The minimum atomic E-state index is -0.445. The molecule has 0 saturated carbocycles. The predicted molar refractivity (Wildman–Crippen MR) is 104 cm³/mol. The first-order valence-electron chi connectivity index (χ1n) is 9.17. The molecule has 0 atom stereocenters. The van der Waals surface area contributed by atoms with E-state index in [0.29, 0.717) is 16.8 Å². The second-order valence-electron chi connectivity index (χ2n) is 6.99. The maximum Gasteiger partial charge on any atom is 0.262 e. The predicted octanol–water partition coefficient (Wildman–Crippen LogP) is 1.07. The number of anilines is 2. The summed E-state index contributed by atoms with van der Waals surface area (Å²) in [7, 11) is 2.10. The molecule has 1 N–H and O–H groups in total. The van der Waals surface area contributed by atoms with E-state index in [1.54, 1.807) is 36.5 Å². The fraction of sp³-hybridized carbons (Fsp3) is 0.300. The summed E-state index contributed by atoms with van der Waals surface area (Å²) in [6.07, 6.45) is 1.59. The van der Waals surface area contributed by atoms with Crippen LogP contribution in [0.2, 0.25) is 0 Å². The first-order valence-corrected chi connectivity index (χ1v) is 9.17. The summed E-state index contributed by atoms with van der Waals surface area (Å²) < 4.78 is 0. The summed E-state index contributed by atoms with van der Waals surface area (Å²) in [6, 6.07) is 10.2. The fourth-order valence-electron chi connectivity index (χ4n) is 3.41. The Morgan fingerprint density at radius 2 is 1.64 bits per heavy atom. The van der Waals surface area contributed by atoms with Crippen molar-refractivity contribution in [3.05, 3.63) is 53.7 Å². The molecule has 144 valence electrons. The Bertz CT molecular complexity index is 885. The molecule has 3 amide bonds. The van der Waals surface area contributed by atoms with Crippen LogP contribution in [0.5, 0.6) is 0 Å². The summed E-state index contributed by atoms with van der Waals surface area (Å²) >= 11 is 0. The summed E-state index contributed by atoms with van der Waals surface area (Å²) in [6.45, 7) is 3.47. The minimum Gasteiger partial charge on any atom is -0.354 e. The van der Waals surface area contributed by atoms with Gasteiger partial charge in [-0.1, -0.05) is 12.1 Å². The Hall–Kier alpha value is -3.26. The number of carbonyl (C=O) groups excluding carboxylic acids is 3. The average molecular weight is 379 g/mol. The number of piperazine rings is 1. The zero-order valence-corrected chi connectivity index (χ0v) is 15.6. The summed E-state index contributed by atoms with van der Waals surface area (Å²) in [5, 5.41) is 2.70. The van der Waals surface area contributed by atoms with Crippen molar-refractivity contribution in [1.82, 2.24) is 14.8 Å². The lowest BCUT2D eigenvalue weighted by molar-refractivity contribution is -0.116. The molecule has 8 nitrogen and oxygen atoms in total. The number of fused-ring (bicyclic) bond motifs is 1. The van der Waals surface area contributed by atoms with Crippen LogP contribution in [0, 0.1) is 0 Å². The van der Waals surface area contributed by atoms with Gasteiger partial charge in [-0.2, -0.15) is 0 Å². The average Bonchev–Trinajstić information content (AvgIpc) is 2.94. The minimum absolute atomic E-state index is 0.327. The Labute approximate surface area is 162 Å². The van der Waals surface area contributed by atoms with E-state index in [-0.39, 0.29) is 6.54 Å². The van der Waals surface area contributed by atoms with Gasteiger partial charge in [-0.15, -0.1) is 0 Å². The van der Waals surface area contributed by atoms with E-state index in [1.165, 1.54) is 0 Å². The van der Waals surface area contributed by atoms with Crippen molar-refractivity contribution in [3.8, 4) is 0 Å². The topological polar surface area (TPSA) is 85.9 Å². The first kappa shape index (κ1) is 18.1. The Morgan fingerprint density at radius 3 is 2.21 bits per heavy atom. The van der Waals surface area contributed by atoms with Crippen molar-refractivity contribution in [2.45, 2.75) is 0 Å². The number of hydrogen-bond acceptors (Lipinski definition) is 6. The molecule has 0 aliphatic carbocycles. The van der Waals surface area contributed by atoms with Gasteiger partial charge in [0.2, 0.25) is 5.91 Å². The van der Waals surface area contributed by atoms with Crippen LogP contribution in [0.25, 0.3) is 0 Å². The third kappa shape index (κ3) is 3.46. The Kier molecular flexibility index (Phi) is 4.79. The van der Waals surface area contributed by atoms with Gasteiger partial charge >= 0.3 is 0 Å². The highest BCUT2D eigenvalue weighted by atomic mass is 16.2. The molecule has 2 aliphatic heterocycles. The monoisotopic (exact) mass is 379 g/mol. The third-order valence-corrected chi connectivity index (χ3v) is 5.04. The van der Waals surface area contributed by atoms with Crippen molar-refractivity contribution in [3.63, 3.8) is 0 Å². The highest BCUT2D eigenvalue weighted by molar-refractivity contribution is 6.22. The summed E-state index contributed by atoms with van der Waals surface area (Å²) in [5.74, 6) is -0.464. The van der Waals surface area contributed by atoms with E-state index in [4.69, 9.17) is 0 Å². The molecular weight excluding hydrogens is 358 g/mol. The first-order chi connectivity index (χ1) is 13.5. The molecule has 0 spiro atoms. The Balaban J connectivity index is 1.37. The van der Waals surface area contributed by atoms with Gasteiger partial charge in [0.05, 0.1) is 23.0 Å². The molecule has 1 saturated heterocycles. The van der Waals surface area contributed by atoms with Crippen LogP contribution in [0.3, 0.4) is 0 Å². The SMILES string of the molecule is CN1CCN(c2ccc(NC(=O)CN3C(=O)c4ccccc4C3=O)cn2)CC1. The Morgan fingerprint density at radius 1 is 1.00 bits per heavy atom. The van der Waals surface area contributed by atoms with Gasteiger partial charge in [0.25, 0.3) is 11.8 Å². The molecule has 2 aromatic rings. The molecule has 2 aliphatic rings. The highest BCUT2D eigenvalue weighted by Gasteiger charge is 2.36. The fourth-order valence-corrected chi connectivity index (χ4v) is 3.41. The third-order valence-electron chi connectivity index (χ3n) is 5.04. The van der Waals surface area contributed by atoms with Crippen LogP contribution >= 0.6 is 0 Å². The lowest BCUT2D eigenvalue weighted by atomic mass is 10.1. The van der Waals surface area contributed by atoms with Crippen molar-refractivity contribution < 1.29 is 14.4 Å². The molecule has 0 unspecified atom stereocenters. The van der Waals surface area contributed by atoms with Gasteiger partial charge in [0.1, 0.15) is 12.4 Å². The van der Waals surface area contributed by atoms with Gasteiger partial charge in [0, 0.05) is 26.2 Å². The number of carbonyl (C=O) groups is 3. The standard InChI is InChI=1S/C20H21N5O3/c1-23-8-10-24(11-9-23)17-7-6-14(12-21-17)22-18(26)13-25-19(27)15-4-2-3-5-16(15)20(25)28/h2-7,12H,8-11,13H2,1H3,(H,22,26). The second kappa shape index (κ2) is 7.40. The number of imide groups is 1. The highest BCUT2D eigenvalue weighted by Crippen LogP contribution is 2.22. The quantitative estimate of drug-likeness (QED) is 0.800. The van der Waals surface area contributed by atoms with Gasteiger partial charge < -0.3 is 15.1 Å². The number of benzene rings is 1. The molecule has 4 rings (SSSR count). The zero-order chi connectivity index (χ0) is 19.7. The van der Waals surface area contributed by atoms with Crippen molar-refractivity contribution in [2.75, 3.05) is 50.0 Å². The largest absolute Gasteiger partial charge is 0.354 e. The van der Waals surface area contributed by atoms with E-state index in [9.17, 15) is 14.4 Å². The molecule has 1 aromatic carbocycles. The van der Waals surface area contributed by atoms with E-state index in [0.717, 1.165) is 36.9 Å². The van der Waals surface area contributed by atoms with E-state index in [2.05, 4.69) is 27.1 Å². The molecule has 8 heteroatoms. The van der Waals surface area contributed by atoms with Crippen LogP contribution in [-0.4, -0.2) is 72.3 Å². The van der Waals surface area contributed by atoms with Crippen LogP contribution in [0.15, 0.2) is 42.6 Å². The number of nitrogens with zero attached hydrogens (tertiary/aromatic N) is 4. The van der Waals surface area contributed by atoms with Crippen LogP contribution in [-0.2, 0) is 4.79 Å². The molecule has 0 radical (unpaired) electrons. The number of likely N-dealkylation sites (N-methyl/N-ethyl adjacent to an activating group) is 1. The van der Waals surface area contributed by atoms with E-state index >= 15 is 0 Å². The smallest absolute Gasteiger partial charge is 0.262 e. The molecule has 0 bridgehead atoms. The summed E-state index contributed by atoms with van der Waals surface area (Å²) in [5.41, 5.74) is 1.19. The van der Waals surface area contributed by atoms with Crippen molar-refractivity contribution in [2.24, 2.45) is 0 Å². The maximum absolute atomic E-state index is 12.3. The molecule has 1 aromatic heterocycles. The number of hydrogen-bond donors (Lipinski definition) is 1. The number of aromatic nitrogens is 1. The van der Waals surface area contributed by atoms with Gasteiger partial charge in [-0.3, -0.25) is 19.3 Å². The van der Waals surface area contributed by atoms with Crippen molar-refractivity contribution in [1.29, 1.82) is 0 Å². The molecular formula is C20H21N5O3. The number of nitrogens with one attached hydrogen (secondary N) is 1. The second-order valence-corrected chi connectivity index (χ2v) is 6.99. The van der Waals surface area contributed by atoms with Gasteiger partial charge in [0.15, 0.2) is 0 Å². The lowest BCUT2D eigenvalue weighted by Gasteiger charge is -2.33. The van der Waals surface area contributed by atoms with Crippen LogP contribution in [0.4, 0.5) is 11.5 Å². The van der Waals surface area contributed by atoms with Crippen LogP contribution in [0.1, 0.15) is 20.7 Å². The lowest BCUT2D eigenvalue weighted by Crippen LogP contribution is -2.44. The number of pyridine rings is 1. The van der Waals surface area contributed by atoms with Gasteiger partial charge in [-0.25, -0.2) is 4.98 Å². The van der Waals surface area contributed by atoms with E-state index < -0.39 is 17.7 Å². The summed E-state index contributed by atoms with van der Waals surface area (Å²) in [4.78, 5) is 46.9. The normalized spacial score (nSPS) is 17.0. The zero-order valence-electron chi connectivity index (χ0n) is 15.6. The number of rotatable bonds is 4. The van der Waals surface area contributed by atoms with Crippen LogP contribution < -0.4 is 10.2 Å². The van der Waals surface area contributed by atoms with Gasteiger partial charge in [-0.05, 0) is 31.3 Å². The maximum atomic E-state index is 12.3. The van der Waals surface area contributed by atoms with E-state index in [1.807, 2.05) is 6.07 Å². The molecule has 1 fully saturated rings.